The van der Waals surface area contributed by atoms with Crippen LogP contribution in [0.15, 0.2) is 0 Å². The van der Waals surface area contributed by atoms with Crippen molar-refractivity contribution in [1.29, 1.82) is 0 Å². The first kappa shape index (κ1) is 13.2. The Hall–Kier alpha value is -0.880. The fourth-order valence-electron chi connectivity index (χ4n) is 1.59. The van der Waals surface area contributed by atoms with Crippen molar-refractivity contribution in [2.45, 2.75) is 20.0 Å². The average molecular weight is 245 g/mol. The molecule has 1 fully saturated rings. The smallest absolute Gasteiger partial charge is 0.410 e. The maximum atomic E-state index is 11.6. The predicted octanol–water partition coefficient (Wildman–Crippen LogP) is 0.435. The van der Waals surface area contributed by atoms with Gasteiger partial charge in [-0.05, 0) is 13.8 Å². The van der Waals surface area contributed by atoms with Gasteiger partial charge in [0.05, 0.1) is 11.1 Å². The van der Waals surface area contributed by atoms with Gasteiger partial charge in [0.2, 0.25) is 0 Å². The zero-order chi connectivity index (χ0) is 12.1. The zero-order valence-corrected chi connectivity index (χ0v) is 10.6. The number of rotatable bonds is 3. The third-order valence-corrected chi connectivity index (χ3v) is 2.48. The van der Waals surface area contributed by atoms with Crippen LogP contribution in [0.1, 0.15) is 13.8 Å². The summed E-state index contributed by atoms with van der Waals surface area (Å²) in [6.45, 7) is 7.27. The quantitative estimate of drug-likeness (QED) is 0.731. The highest BCUT2D eigenvalue weighted by atomic mass is 32.1. The monoisotopic (exact) mass is 245 g/mol. The lowest BCUT2D eigenvalue weighted by atomic mass is 10.3. The molecule has 1 aliphatic heterocycles. The van der Waals surface area contributed by atoms with Crippen LogP contribution in [0, 0.1) is 0 Å². The maximum Gasteiger partial charge on any atom is 0.410 e. The van der Waals surface area contributed by atoms with E-state index in [2.05, 4.69) is 4.90 Å². The summed E-state index contributed by atoms with van der Waals surface area (Å²) in [6.07, 6.45) is -0.299. The molecule has 0 aromatic rings. The standard InChI is InChI=1S/C10H19N3O2S/c1-8(2)15-10(14)13-5-3-12(4-6-13)7-9(11)16/h8H,3-7H2,1-2H3,(H2,11,16). The number of carbonyl (C=O) groups is 1. The molecule has 0 spiro atoms. The largest absolute Gasteiger partial charge is 0.447 e. The fraction of sp³-hybridized carbons (Fsp3) is 0.800. The van der Waals surface area contributed by atoms with Gasteiger partial charge in [-0.25, -0.2) is 4.79 Å². The summed E-state index contributed by atoms with van der Waals surface area (Å²) in [5.74, 6) is 0. The van der Waals surface area contributed by atoms with Crippen molar-refractivity contribution in [3.05, 3.63) is 0 Å². The van der Waals surface area contributed by atoms with Crippen LogP contribution in [-0.4, -0.2) is 59.7 Å². The number of piperazine rings is 1. The molecule has 0 bridgehead atoms. The van der Waals surface area contributed by atoms with E-state index in [0.717, 1.165) is 13.1 Å². The minimum Gasteiger partial charge on any atom is -0.447 e. The third-order valence-electron chi connectivity index (χ3n) is 2.35. The van der Waals surface area contributed by atoms with Gasteiger partial charge in [0.25, 0.3) is 0 Å². The van der Waals surface area contributed by atoms with Gasteiger partial charge in [-0.15, -0.1) is 0 Å². The van der Waals surface area contributed by atoms with E-state index >= 15 is 0 Å². The molecule has 1 heterocycles. The van der Waals surface area contributed by atoms with Crippen LogP contribution < -0.4 is 5.73 Å². The summed E-state index contributed by atoms with van der Waals surface area (Å²) in [5, 5.41) is 0. The van der Waals surface area contributed by atoms with E-state index in [1.165, 1.54) is 0 Å². The summed E-state index contributed by atoms with van der Waals surface area (Å²) < 4.78 is 5.12. The number of carbonyl (C=O) groups excluding carboxylic acids is 1. The van der Waals surface area contributed by atoms with Crippen LogP contribution in [-0.2, 0) is 4.74 Å². The highest BCUT2D eigenvalue weighted by Crippen LogP contribution is 2.04. The van der Waals surface area contributed by atoms with E-state index in [1.807, 2.05) is 13.8 Å². The van der Waals surface area contributed by atoms with Gasteiger partial charge in [0, 0.05) is 32.7 Å². The molecule has 0 saturated carbocycles. The number of hydrogen-bond donors (Lipinski definition) is 1. The summed E-state index contributed by atoms with van der Waals surface area (Å²) in [4.78, 5) is 15.9. The van der Waals surface area contributed by atoms with E-state index in [0.29, 0.717) is 24.6 Å². The lowest BCUT2D eigenvalue weighted by Crippen LogP contribution is -2.50. The number of nitrogens with two attached hydrogens (primary N) is 1. The number of ether oxygens (including phenoxy) is 1. The van der Waals surface area contributed by atoms with Crippen LogP contribution >= 0.6 is 12.2 Å². The zero-order valence-electron chi connectivity index (χ0n) is 9.81. The van der Waals surface area contributed by atoms with Crippen molar-refractivity contribution in [1.82, 2.24) is 9.80 Å². The molecule has 0 aliphatic carbocycles. The highest BCUT2D eigenvalue weighted by molar-refractivity contribution is 7.80. The minimum atomic E-state index is -0.232. The first-order valence-electron chi connectivity index (χ1n) is 5.45. The van der Waals surface area contributed by atoms with Crippen molar-refractivity contribution in [3.63, 3.8) is 0 Å². The molecule has 5 nitrogen and oxygen atoms in total. The molecular formula is C10H19N3O2S. The molecule has 1 aliphatic rings. The fourth-order valence-corrected chi connectivity index (χ4v) is 1.77. The molecule has 2 N–H and O–H groups in total. The summed E-state index contributed by atoms with van der Waals surface area (Å²) in [7, 11) is 0. The van der Waals surface area contributed by atoms with Gasteiger partial charge in [-0.3, -0.25) is 4.90 Å². The Morgan fingerprint density at radius 2 is 1.94 bits per heavy atom. The van der Waals surface area contributed by atoms with Gasteiger partial charge in [0.1, 0.15) is 0 Å². The molecule has 1 amide bonds. The van der Waals surface area contributed by atoms with E-state index in [-0.39, 0.29) is 12.2 Å². The Bertz CT molecular complexity index is 263. The molecule has 6 heteroatoms. The number of hydrogen-bond acceptors (Lipinski definition) is 4. The van der Waals surface area contributed by atoms with Crippen molar-refractivity contribution < 1.29 is 9.53 Å². The Morgan fingerprint density at radius 3 is 2.38 bits per heavy atom. The van der Waals surface area contributed by atoms with Crippen molar-refractivity contribution >= 4 is 23.3 Å². The van der Waals surface area contributed by atoms with Gasteiger partial charge >= 0.3 is 6.09 Å². The molecule has 0 radical (unpaired) electrons. The summed E-state index contributed by atoms with van der Waals surface area (Å²) >= 11 is 4.85. The SMILES string of the molecule is CC(C)OC(=O)N1CCN(CC(N)=S)CC1. The third kappa shape index (κ3) is 4.32. The Labute approximate surface area is 102 Å². The first-order valence-corrected chi connectivity index (χ1v) is 5.86. The Morgan fingerprint density at radius 1 is 1.38 bits per heavy atom. The molecule has 1 rings (SSSR count). The average Bonchev–Trinajstić information content (AvgIpc) is 2.16. The highest BCUT2D eigenvalue weighted by Gasteiger charge is 2.22. The second-order valence-electron chi connectivity index (χ2n) is 4.16. The Balaban J connectivity index is 2.31. The normalized spacial score (nSPS) is 17.6. The second-order valence-corrected chi connectivity index (χ2v) is 4.69. The van der Waals surface area contributed by atoms with Gasteiger partial charge in [-0.1, -0.05) is 12.2 Å². The van der Waals surface area contributed by atoms with Crippen molar-refractivity contribution in [3.8, 4) is 0 Å². The first-order chi connectivity index (χ1) is 7.49. The van der Waals surface area contributed by atoms with E-state index in [4.69, 9.17) is 22.7 Å². The number of thiocarbonyl (C=S) groups is 1. The molecule has 0 aromatic carbocycles. The topological polar surface area (TPSA) is 58.8 Å². The van der Waals surface area contributed by atoms with E-state index in [1.54, 1.807) is 4.90 Å². The van der Waals surface area contributed by atoms with Gasteiger partial charge < -0.3 is 15.4 Å². The molecular weight excluding hydrogens is 226 g/mol. The lowest BCUT2D eigenvalue weighted by Gasteiger charge is -2.34. The Kier molecular flexibility index (Phi) is 4.95. The number of nitrogens with zero attached hydrogens (tertiary/aromatic N) is 2. The molecule has 92 valence electrons. The summed E-state index contributed by atoms with van der Waals surface area (Å²) in [6, 6.07) is 0. The molecule has 1 saturated heterocycles. The minimum absolute atomic E-state index is 0.0675. The van der Waals surface area contributed by atoms with E-state index in [9.17, 15) is 4.79 Å². The second kappa shape index (κ2) is 6.00. The van der Waals surface area contributed by atoms with Crippen molar-refractivity contribution in [2.75, 3.05) is 32.7 Å². The van der Waals surface area contributed by atoms with Crippen LogP contribution in [0.4, 0.5) is 4.79 Å². The van der Waals surface area contributed by atoms with Gasteiger partial charge in [0.15, 0.2) is 0 Å². The van der Waals surface area contributed by atoms with E-state index < -0.39 is 0 Å². The maximum absolute atomic E-state index is 11.6. The lowest BCUT2D eigenvalue weighted by molar-refractivity contribution is 0.0597. The molecule has 0 atom stereocenters. The molecule has 16 heavy (non-hydrogen) atoms. The predicted molar refractivity (Wildman–Crippen MR) is 66.4 cm³/mol. The van der Waals surface area contributed by atoms with Crippen LogP contribution in [0.5, 0.6) is 0 Å². The van der Waals surface area contributed by atoms with Crippen molar-refractivity contribution in [2.24, 2.45) is 5.73 Å². The summed E-state index contributed by atoms with van der Waals surface area (Å²) in [5.41, 5.74) is 5.47. The van der Waals surface area contributed by atoms with Crippen LogP contribution in [0.3, 0.4) is 0 Å². The molecule has 0 aromatic heterocycles. The van der Waals surface area contributed by atoms with Crippen LogP contribution in [0.25, 0.3) is 0 Å². The number of amides is 1. The van der Waals surface area contributed by atoms with Gasteiger partial charge in [-0.2, -0.15) is 0 Å². The molecule has 0 unspecified atom stereocenters. The van der Waals surface area contributed by atoms with Crippen LogP contribution in [0.2, 0.25) is 0 Å².